The molecule has 1 aliphatic carbocycles. The zero-order valence-electron chi connectivity index (χ0n) is 11.9. The van der Waals surface area contributed by atoms with E-state index in [-0.39, 0.29) is 12.5 Å². The van der Waals surface area contributed by atoms with Gasteiger partial charge in [0.05, 0.1) is 0 Å². The molecule has 1 atom stereocenters. The van der Waals surface area contributed by atoms with Crippen molar-refractivity contribution in [1.29, 1.82) is 0 Å². The van der Waals surface area contributed by atoms with Gasteiger partial charge in [-0.05, 0) is 29.9 Å². The minimum Gasteiger partial charge on any atom is -0.445 e. The van der Waals surface area contributed by atoms with Gasteiger partial charge in [-0.25, -0.2) is 4.79 Å². The topological polar surface area (TPSA) is 67.4 Å². The number of hydrogen-bond acceptors (Lipinski definition) is 3. The van der Waals surface area contributed by atoms with Gasteiger partial charge in [-0.1, -0.05) is 37.1 Å². The molecule has 5 nitrogen and oxygen atoms in total. The Morgan fingerprint density at radius 3 is 2.52 bits per heavy atom. The minimum absolute atomic E-state index is 0.159. The van der Waals surface area contributed by atoms with Crippen LogP contribution >= 0.6 is 0 Å². The van der Waals surface area contributed by atoms with Crippen LogP contribution in [0.2, 0.25) is 0 Å². The number of amides is 2. The summed E-state index contributed by atoms with van der Waals surface area (Å²) in [5.41, 5.74) is 2.34. The van der Waals surface area contributed by atoms with E-state index in [9.17, 15) is 9.59 Å². The number of ether oxygens (including phenoxy) is 1. The van der Waals surface area contributed by atoms with Crippen LogP contribution in [0.4, 0.5) is 4.79 Å². The lowest BCUT2D eigenvalue weighted by Crippen LogP contribution is -2.61. The van der Waals surface area contributed by atoms with Crippen LogP contribution in [-0.4, -0.2) is 24.6 Å². The van der Waals surface area contributed by atoms with Gasteiger partial charge in [0.2, 0.25) is 5.91 Å². The van der Waals surface area contributed by atoms with Crippen LogP contribution in [0, 0.1) is 0 Å². The van der Waals surface area contributed by atoms with Crippen LogP contribution in [0.25, 0.3) is 0 Å². The molecule has 1 aromatic carbocycles. The van der Waals surface area contributed by atoms with Crippen LogP contribution in [0.1, 0.15) is 42.7 Å². The molecule has 1 aromatic rings. The molecule has 2 N–H and O–H groups in total. The average Bonchev–Trinajstić information content (AvgIpc) is 3.04. The van der Waals surface area contributed by atoms with E-state index in [0.29, 0.717) is 12.5 Å². The van der Waals surface area contributed by atoms with E-state index in [1.54, 1.807) is 0 Å². The van der Waals surface area contributed by atoms with Crippen molar-refractivity contribution in [2.75, 3.05) is 6.54 Å². The molecule has 21 heavy (non-hydrogen) atoms. The Balaban J connectivity index is 1.46. The summed E-state index contributed by atoms with van der Waals surface area (Å²) in [7, 11) is 0. The third-order valence-corrected chi connectivity index (χ3v) is 4.27. The van der Waals surface area contributed by atoms with Gasteiger partial charge in [-0.15, -0.1) is 0 Å². The molecule has 112 valence electrons. The molecule has 1 heterocycles. The maximum atomic E-state index is 11.5. The van der Waals surface area contributed by atoms with Gasteiger partial charge in [0.1, 0.15) is 12.6 Å². The van der Waals surface area contributed by atoms with Gasteiger partial charge in [-0.2, -0.15) is 0 Å². The van der Waals surface area contributed by atoms with E-state index in [0.717, 1.165) is 5.56 Å². The second-order valence-electron chi connectivity index (χ2n) is 5.74. The van der Waals surface area contributed by atoms with Crippen molar-refractivity contribution in [1.82, 2.24) is 10.6 Å². The molecule has 1 aliphatic heterocycles. The fraction of sp³-hybridized carbons (Fsp3) is 0.500. The lowest BCUT2D eigenvalue weighted by molar-refractivity contribution is -0.128. The first-order valence-electron chi connectivity index (χ1n) is 7.52. The summed E-state index contributed by atoms with van der Waals surface area (Å²) in [6, 6.07) is 7.84. The Hall–Kier alpha value is -2.04. The lowest BCUT2D eigenvalue weighted by Gasteiger charge is -2.26. The molecule has 3 rings (SSSR count). The number of benzene rings is 1. The molecule has 0 unspecified atom stereocenters. The maximum absolute atomic E-state index is 11.5. The number of nitrogens with one attached hydrogen (secondary N) is 2. The average molecular weight is 288 g/mol. The molecule has 0 spiro atoms. The highest BCUT2D eigenvalue weighted by Crippen LogP contribution is 2.33. The molecule has 2 fully saturated rings. The highest BCUT2D eigenvalue weighted by molar-refractivity contribution is 5.90. The quantitative estimate of drug-likeness (QED) is 0.833. The molecule has 1 saturated carbocycles. The molecule has 0 radical (unpaired) electrons. The van der Waals surface area contributed by atoms with Crippen LogP contribution in [0.3, 0.4) is 0 Å². The van der Waals surface area contributed by atoms with Gasteiger partial charge in [-0.3, -0.25) is 4.79 Å². The summed E-state index contributed by atoms with van der Waals surface area (Å²) in [5, 5.41) is 5.08. The maximum Gasteiger partial charge on any atom is 0.408 e. The second-order valence-corrected chi connectivity index (χ2v) is 5.74. The predicted octanol–water partition coefficient (Wildman–Crippen LogP) is 2.07. The Bertz CT molecular complexity index is 521. The van der Waals surface area contributed by atoms with Crippen molar-refractivity contribution in [2.45, 2.75) is 44.2 Å². The van der Waals surface area contributed by atoms with Gasteiger partial charge < -0.3 is 15.4 Å². The molecular weight excluding hydrogens is 268 g/mol. The van der Waals surface area contributed by atoms with Gasteiger partial charge in [0.25, 0.3) is 0 Å². The summed E-state index contributed by atoms with van der Waals surface area (Å²) in [6.45, 7) is 0.704. The summed E-state index contributed by atoms with van der Waals surface area (Å²) in [5.74, 6) is 0.535. The number of rotatable bonds is 4. The van der Waals surface area contributed by atoms with Gasteiger partial charge in [0, 0.05) is 6.54 Å². The molecule has 5 heteroatoms. The third kappa shape index (κ3) is 3.35. The SMILES string of the molecule is O=C(N[C@H]1CNC1=O)OCc1ccc(C2CCCC2)cc1. The Morgan fingerprint density at radius 2 is 1.95 bits per heavy atom. The van der Waals surface area contributed by atoms with E-state index in [4.69, 9.17) is 4.74 Å². The van der Waals surface area contributed by atoms with E-state index >= 15 is 0 Å². The van der Waals surface area contributed by atoms with Crippen molar-refractivity contribution >= 4 is 12.0 Å². The first kappa shape index (κ1) is 13.9. The van der Waals surface area contributed by atoms with Crippen molar-refractivity contribution < 1.29 is 14.3 Å². The highest BCUT2D eigenvalue weighted by Gasteiger charge is 2.29. The zero-order valence-corrected chi connectivity index (χ0v) is 11.9. The van der Waals surface area contributed by atoms with Crippen molar-refractivity contribution in [2.24, 2.45) is 0 Å². The van der Waals surface area contributed by atoms with Crippen LogP contribution < -0.4 is 10.6 Å². The summed E-state index contributed by atoms with van der Waals surface area (Å²) in [6.07, 6.45) is 4.66. The van der Waals surface area contributed by atoms with Crippen LogP contribution in [0.5, 0.6) is 0 Å². The Morgan fingerprint density at radius 1 is 1.24 bits per heavy atom. The van der Waals surface area contributed by atoms with E-state index in [1.807, 2.05) is 12.1 Å². The molecule has 0 aromatic heterocycles. The van der Waals surface area contributed by atoms with Crippen molar-refractivity contribution in [3.8, 4) is 0 Å². The summed E-state index contributed by atoms with van der Waals surface area (Å²) < 4.78 is 5.12. The molecular formula is C16H20N2O3. The number of carbonyl (C=O) groups excluding carboxylic acids is 2. The monoisotopic (exact) mass is 288 g/mol. The minimum atomic E-state index is -0.547. The highest BCUT2D eigenvalue weighted by atomic mass is 16.5. The Kier molecular flexibility index (Phi) is 4.08. The first-order chi connectivity index (χ1) is 10.2. The van der Waals surface area contributed by atoms with Crippen molar-refractivity contribution in [3.63, 3.8) is 0 Å². The number of hydrogen-bond donors (Lipinski definition) is 2. The Labute approximate surface area is 124 Å². The van der Waals surface area contributed by atoms with Gasteiger partial charge in [0.15, 0.2) is 0 Å². The van der Waals surface area contributed by atoms with Crippen LogP contribution in [-0.2, 0) is 16.1 Å². The molecule has 2 amide bonds. The smallest absolute Gasteiger partial charge is 0.408 e. The van der Waals surface area contributed by atoms with Gasteiger partial charge >= 0.3 is 6.09 Å². The standard InChI is InChI=1S/C16H20N2O3/c19-15-14(9-17-15)18-16(20)21-10-11-5-7-13(8-6-11)12-3-1-2-4-12/h5-8,12,14H,1-4,9-10H2,(H,17,19)(H,18,20)/t14-/m0/s1. The number of β-lactam (4-membered cyclic amide) rings is 1. The van der Waals surface area contributed by atoms with E-state index < -0.39 is 12.1 Å². The van der Waals surface area contributed by atoms with Crippen molar-refractivity contribution in [3.05, 3.63) is 35.4 Å². The summed E-state index contributed by atoms with van der Waals surface area (Å²) in [4.78, 5) is 22.6. The largest absolute Gasteiger partial charge is 0.445 e. The summed E-state index contributed by atoms with van der Waals surface area (Å²) >= 11 is 0. The number of alkyl carbamates (subject to hydrolysis) is 1. The molecule has 1 saturated heterocycles. The van der Waals surface area contributed by atoms with E-state index in [1.165, 1.54) is 31.2 Å². The van der Waals surface area contributed by atoms with Crippen LogP contribution in [0.15, 0.2) is 24.3 Å². The molecule has 2 aliphatic rings. The predicted molar refractivity (Wildman–Crippen MR) is 77.8 cm³/mol. The second kappa shape index (κ2) is 6.16. The third-order valence-electron chi connectivity index (χ3n) is 4.27. The van der Waals surface area contributed by atoms with E-state index in [2.05, 4.69) is 22.8 Å². The zero-order chi connectivity index (χ0) is 14.7. The molecule has 0 bridgehead atoms. The fourth-order valence-corrected chi connectivity index (χ4v) is 2.88. The first-order valence-corrected chi connectivity index (χ1v) is 7.52. The number of carbonyl (C=O) groups is 2. The lowest BCUT2D eigenvalue weighted by atomic mass is 9.97. The normalized spacial score (nSPS) is 21.5. The fourth-order valence-electron chi connectivity index (χ4n) is 2.88.